The summed E-state index contributed by atoms with van der Waals surface area (Å²) in [6.07, 6.45) is 6.88. The summed E-state index contributed by atoms with van der Waals surface area (Å²) in [5, 5.41) is 3.04. The number of hydrogen-bond acceptors (Lipinski definition) is 2. The molecule has 1 N–H and O–H groups in total. The van der Waals surface area contributed by atoms with E-state index in [1.165, 1.54) is 44.9 Å². The highest BCUT2D eigenvalue weighted by Gasteiger charge is 2.22. The van der Waals surface area contributed by atoms with Crippen LogP contribution in [0.15, 0.2) is 12.1 Å². The Bertz CT molecular complexity index is 421. The molecule has 1 aliphatic carbocycles. The SMILES string of the molecule is CNC(CCC1CCCC1)c1c(F)cc(OC)cc1F. The van der Waals surface area contributed by atoms with E-state index in [1.54, 1.807) is 7.05 Å². The van der Waals surface area contributed by atoms with Gasteiger partial charge in [0.2, 0.25) is 0 Å². The van der Waals surface area contributed by atoms with Crippen LogP contribution in [0.3, 0.4) is 0 Å². The van der Waals surface area contributed by atoms with Gasteiger partial charge in [0.15, 0.2) is 0 Å². The van der Waals surface area contributed by atoms with Crippen molar-refractivity contribution in [1.29, 1.82) is 0 Å². The van der Waals surface area contributed by atoms with E-state index in [-0.39, 0.29) is 17.4 Å². The van der Waals surface area contributed by atoms with Gasteiger partial charge in [-0.1, -0.05) is 25.7 Å². The molecule has 0 aromatic heterocycles. The standard InChI is InChI=1S/C16H23F2NO/c1-19-15(8-7-11-5-3-4-6-11)16-13(17)9-12(20-2)10-14(16)18/h9-11,15,19H,3-8H2,1-2H3. The van der Waals surface area contributed by atoms with Gasteiger partial charge in [0.1, 0.15) is 17.4 Å². The van der Waals surface area contributed by atoms with E-state index in [1.807, 2.05) is 0 Å². The molecule has 112 valence electrons. The Morgan fingerprint density at radius 1 is 1.25 bits per heavy atom. The number of nitrogens with one attached hydrogen (secondary N) is 1. The van der Waals surface area contributed by atoms with E-state index in [0.29, 0.717) is 0 Å². The summed E-state index contributed by atoms with van der Waals surface area (Å²) < 4.78 is 33.0. The van der Waals surface area contributed by atoms with Crippen LogP contribution in [0.1, 0.15) is 50.1 Å². The van der Waals surface area contributed by atoms with Gasteiger partial charge in [-0.05, 0) is 25.8 Å². The molecule has 1 unspecified atom stereocenters. The Morgan fingerprint density at radius 2 is 1.85 bits per heavy atom. The van der Waals surface area contributed by atoms with Crippen LogP contribution in [-0.4, -0.2) is 14.2 Å². The van der Waals surface area contributed by atoms with Crippen molar-refractivity contribution in [3.8, 4) is 5.75 Å². The largest absolute Gasteiger partial charge is 0.497 e. The number of rotatable bonds is 6. The van der Waals surface area contributed by atoms with Crippen LogP contribution in [0, 0.1) is 17.6 Å². The van der Waals surface area contributed by atoms with Crippen LogP contribution in [0.5, 0.6) is 5.75 Å². The molecular weight excluding hydrogens is 260 g/mol. The van der Waals surface area contributed by atoms with E-state index >= 15 is 0 Å². The molecule has 0 aliphatic heterocycles. The molecule has 4 heteroatoms. The first-order chi connectivity index (χ1) is 9.65. The average Bonchev–Trinajstić information content (AvgIpc) is 2.94. The second-order valence-corrected chi connectivity index (χ2v) is 5.57. The van der Waals surface area contributed by atoms with Gasteiger partial charge in [-0.15, -0.1) is 0 Å². The predicted octanol–water partition coefficient (Wildman–Crippen LogP) is 4.20. The molecule has 0 radical (unpaired) electrons. The fourth-order valence-corrected chi connectivity index (χ4v) is 3.15. The molecule has 1 aliphatic rings. The van der Waals surface area contributed by atoms with Crippen LogP contribution in [0.4, 0.5) is 8.78 Å². The molecule has 2 nitrogen and oxygen atoms in total. The molecule has 20 heavy (non-hydrogen) atoms. The first-order valence-electron chi connectivity index (χ1n) is 7.36. The second-order valence-electron chi connectivity index (χ2n) is 5.57. The van der Waals surface area contributed by atoms with Gasteiger partial charge in [-0.3, -0.25) is 0 Å². The summed E-state index contributed by atoms with van der Waals surface area (Å²) in [5.41, 5.74) is 0.131. The Hall–Kier alpha value is -1.16. The van der Waals surface area contributed by atoms with Gasteiger partial charge in [0.25, 0.3) is 0 Å². The van der Waals surface area contributed by atoms with Gasteiger partial charge in [0, 0.05) is 23.7 Å². The van der Waals surface area contributed by atoms with Crippen molar-refractivity contribution in [1.82, 2.24) is 5.32 Å². The van der Waals surface area contributed by atoms with Crippen LogP contribution >= 0.6 is 0 Å². The lowest BCUT2D eigenvalue weighted by Crippen LogP contribution is -2.20. The fraction of sp³-hybridized carbons (Fsp3) is 0.625. The summed E-state index contributed by atoms with van der Waals surface area (Å²) in [6, 6.07) is 2.22. The third kappa shape index (κ3) is 3.48. The van der Waals surface area contributed by atoms with Crippen LogP contribution in [0.25, 0.3) is 0 Å². The van der Waals surface area contributed by atoms with Crippen molar-refractivity contribution in [3.63, 3.8) is 0 Å². The monoisotopic (exact) mass is 283 g/mol. The molecule has 1 atom stereocenters. The van der Waals surface area contributed by atoms with Gasteiger partial charge in [0.05, 0.1) is 7.11 Å². The van der Waals surface area contributed by atoms with Crippen molar-refractivity contribution < 1.29 is 13.5 Å². The number of hydrogen-bond donors (Lipinski definition) is 1. The number of ether oxygens (including phenoxy) is 1. The van der Waals surface area contributed by atoms with Gasteiger partial charge in [-0.2, -0.15) is 0 Å². The van der Waals surface area contributed by atoms with Crippen LogP contribution in [0.2, 0.25) is 0 Å². The second kappa shape index (κ2) is 7.02. The van der Waals surface area contributed by atoms with E-state index in [4.69, 9.17) is 4.74 Å². The highest BCUT2D eigenvalue weighted by molar-refractivity contribution is 5.32. The van der Waals surface area contributed by atoms with Gasteiger partial charge < -0.3 is 10.1 Å². The molecule has 0 bridgehead atoms. The van der Waals surface area contributed by atoms with E-state index < -0.39 is 11.6 Å². The topological polar surface area (TPSA) is 21.3 Å². The first-order valence-corrected chi connectivity index (χ1v) is 7.36. The molecular formula is C16H23F2NO. The molecule has 1 fully saturated rings. The molecule has 1 aromatic carbocycles. The maximum absolute atomic E-state index is 14.1. The predicted molar refractivity (Wildman–Crippen MR) is 75.9 cm³/mol. The maximum atomic E-state index is 14.1. The lowest BCUT2D eigenvalue weighted by Gasteiger charge is -2.20. The van der Waals surface area contributed by atoms with Crippen molar-refractivity contribution in [2.24, 2.45) is 5.92 Å². The van der Waals surface area contributed by atoms with Crippen LogP contribution < -0.4 is 10.1 Å². The lowest BCUT2D eigenvalue weighted by atomic mass is 9.94. The van der Waals surface area contributed by atoms with Gasteiger partial charge in [-0.25, -0.2) is 8.78 Å². The Kier molecular flexibility index (Phi) is 5.35. The molecule has 0 heterocycles. The van der Waals surface area contributed by atoms with Crippen molar-refractivity contribution in [2.45, 2.75) is 44.6 Å². The third-order valence-electron chi connectivity index (χ3n) is 4.32. The van der Waals surface area contributed by atoms with Crippen molar-refractivity contribution >= 4 is 0 Å². The third-order valence-corrected chi connectivity index (χ3v) is 4.32. The Morgan fingerprint density at radius 3 is 2.35 bits per heavy atom. The maximum Gasteiger partial charge on any atom is 0.134 e. The Labute approximate surface area is 119 Å². The number of methoxy groups -OCH3 is 1. The quantitative estimate of drug-likeness (QED) is 0.844. The van der Waals surface area contributed by atoms with Crippen LogP contribution in [-0.2, 0) is 0 Å². The summed E-state index contributed by atoms with van der Waals surface area (Å²) in [6.45, 7) is 0. The Balaban J connectivity index is 2.09. The molecule has 0 amide bonds. The fourth-order valence-electron chi connectivity index (χ4n) is 3.15. The summed E-state index contributed by atoms with van der Waals surface area (Å²) >= 11 is 0. The average molecular weight is 283 g/mol. The molecule has 1 aromatic rings. The summed E-state index contributed by atoms with van der Waals surface area (Å²) in [5.74, 6) is -0.134. The summed E-state index contributed by atoms with van der Waals surface area (Å²) in [7, 11) is 3.16. The lowest BCUT2D eigenvalue weighted by molar-refractivity contribution is 0.389. The van der Waals surface area contributed by atoms with E-state index in [2.05, 4.69) is 5.32 Å². The zero-order chi connectivity index (χ0) is 14.5. The highest BCUT2D eigenvalue weighted by atomic mass is 19.1. The zero-order valence-electron chi connectivity index (χ0n) is 12.2. The molecule has 1 saturated carbocycles. The minimum Gasteiger partial charge on any atom is -0.497 e. The van der Waals surface area contributed by atoms with Crippen molar-refractivity contribution in [3.05, 3.63) is 29.3 Å². The zero-order valence-corrected chi connectivity index (χ0v) is 12.2. The minimum absolute atomic E-state index is 0.131. The van der Waals surface area contributed by atoms with E-state index in [0.717, 1.165) is 18.8 Å². The minimum atomic E-state index is -0.535. The normalized spacial score (nSPS) is 17.4. The smallest absolute Gasteiger partial charge is 0.134 e. The highest BCUT2D eigenvalue weighted by Crippen LogP contribution is 2.33. The molecule has 2 rings (SSSR count). The van der Waals surface area contributed by atoms with Gasteiger partial charge >= 0.3 is 0 Å². The number of benzene rings is 1. The first kappa shape index (κ1) is 15.2. The van der Waals surface area contributed by atoms with Crippen molar-refractivity contribution in [2.75, 3.05) is 14.2 Å². The molecule has 0 saturated heterocycles. The van der Waals surface area contributed by atoms with E-state index in [9.17, 15) is 8.78 Å². The summed E-state index contributed by atoms with van der Waals surface area (Å²) in [4.78, 5) is 0. The number of halogens is 2. The molecule has 0 spiro atoms.